The van der Waals surface area contributed by atoms with E-state index in [1.165, 1.54) is 12.1 Å². The highest BCUT2D eigenvalue weighted by molar-refractivity contribution is 5.96. The number of carboxylic acid groups (broad SMARTS) is 1. The molecule has 96 valence electrons. The number of benzene rings is 1. The second-order valence-corrected chi connectivity index (χ2v) is 3.64. The lowest BCUT2D eigenvalue weighted by molar-refractivity contribution is -0.140. The molecule has 1 aromatic rings. The second kappa shape index (κ2) is 6.48. The van der Waals surface area contributed by atoms with E-state index >= 15 is 0 Å². The Kier molecular flexibility index (Phi) is 4.98. The molecule has 0 aliphatic rings. The quantitative estimate of drug-likeness (QED) is 0.560. The van der Waals surface area contributed by atoms with E-state index in [1.807, 2.05) is 0 Å². The Hall–Kier alpha value is -2.24. The molecule has 0 bridgehead atoms. The molecule has 0 spiro atoms. The number of Topliss-reactive ketones (excluding diaryl/α,β-unsaturated/α-hetero) is 1. The van der Waals surface area contributed by atoms with E-state index < -0.39 is 17.8 Å². The summed E-state index contributed by atoms with van der Waals surface area (Å²) in [5, 5.41) is 10.8. The van der Waals surface area contributed by atoms with E-state index in [1.54, 1.807) is 0 Å². The van der Waals surface area contributed by atoms with Crippen molar-refractivity contribution < 1.29 is 23.9 Å². The van der Waals surface area contributed by atoms with Gasteiger partial charge in [-0.1, -0.05) is 0 Å². The fourth-order valence-corrected chi connectivity index (χ4v) is 1.42. The van der Waals surface area contributed by atoms with Gasteiger partial charge in [0, 0.05) is 12.0 Å². The molecule has 0 saturated carbocycles. The van der Waals surface area contributed by atoms with E-state index in [2.05, 4.69) is 5.32 Å². The van der Waals surface area contributed by atoms with Crippen molar-refractivity contribution in [1.82, 2.24) is 5.32 Å². The minimum Gasteiger partial charge on any atom is -0.480 e. The number of halogens is 1. The normalized spacial score (nSPS) is 11.6. The van der Waals surface area contributed by atoms with Crippen LogP contribution in [0.2, 0.25) is 0 Å². The van der Waals surface area contributed by atoms with Crippen LogP contribution in [0.3, 0.4) is 0 Å². The van der Waals surface area contributed by atoms with Gasteiger partial charge in [0.25, 0.3) is 0 Å². The predicted molar refractivity (Wildman–Crippen MR) is 60.6 cm³/mol. The Morgan fingerprint density at radius 1 is 1.33 bits per heavy atom. The van der Waals surface area contributed by atoms with Crippen molar-refractivity contribution in [2.24, 2.45) is 0 Å². The molecule has 0 aliphatic carbocycles. The molecule has 18 heavy (non-hydrogen) atoms. The number of carbonyl (C=O) groups is 3. The molecular formula is C12H12FNO4. The summed E-state index contributed by atoms with van der Waals surface area (Å²) in [5.41, 5.74) is 0.312. The van der Waals surface area contributed by atoms with Crippen LogP contribution >= 0.6 is 0 Å². The van der Waals surface area contributed by atoms with Crippen LogP contribution in [-0.2, 0) is 9.59 Å². The highest BCUT2D eigenvalue weighted by Crippen LogP contribution is 2.08. The molecule has 1 amide bonds. The van der Waals surface area contributed by atoms with E-state index in [9.17, 15) is 18.8 Å². The third-order valence-electron chi connectivity index (χ3n) is 2.39. The van der Waals surface area contributed by atoms with E-state index in [4.69, 9.17) is 5.11 Å². The number of hydrogen-bond acceptors (Lipinski definition) is 3. The van der Waals surface area contributed by atoms with Gasteiger partial charge in [0.1, 0.15) is 11.9 Å². The summed E-state index contributed by atoms with van der Waals surface area (Å²) >= 11 is 0. The molecule has 1 rings (SSSR count). The number of carboxylic acids is 1. The van der Waals surface area contributed by atoms with Crippen molar-refractivity contribution in [3.05, 3.63) is 35.6 Å². The van der Waals surface area contributed by atoms with Crippen molar-refractivity contribution in [2.45, 2.75) is 18.9 Å². The molecule has 0 aromatic heterocycles. The minimum atomic E-state index is -1.20. The van der Waals surface area contributed by atoms with Crippen LogP contribution < -0.4 is 5.32 Å². The summed E-state index contributed by atoms with van der Waals surface area (Å²) in [6.07, 6.45) is 0.231. The summed E-state index contributed by atoms with van der Waals surface area (Å²) in [6, 6.07) is 3.89. The van der Waals surface area contributed by atoms with Crippen LogP contribution in [0.5, 0.6) is 0 Å². The molecule has 1 atom stereocenters. The van der Waals surface area contributed by atoms with E-state index in [-0.39, 0.29) is 25.0 Å². The van der Waals surface area contributed by atoms with Crippen molar-refractivity contribution in [3.8, 4) is 0 Å². The first-order chi connectivity index (χ1) is 8.54. The predicted octanol–water partition coefficient (Wildman–Crippen LogP) is 0.988. The van der Waals surface area contributed by atoms with Crippen LogP contribution in [0, 0.1) is 5.82 Å². The first-order valence-electron chi connectivity index (χ1n) is 5.26. The number of carbonyl (C=O) groups excluding carboxylic acids is 2. The van der Waals surface area contributed by atoms with Crippen LogP contribution in [0.25, 0.3) is 0 Å². The van der Waals surface area contributed by atoms with Gasteiger partial charge in [-0.2, -0.15) is 0 Å². The number of ketones is 1. The molecule has 1 aromatic carbocycles. The number of nitrogens with one attached hydrogen (secondary N) is 1. The summed E-state index contributed by atoms with van der Waals surface area (Å²) in [7, 11) is 0. The fraction of sp³-hybridized carbons (Fsp3) is 0.250. The number of hydrogen-bond donors (Lipinski definition) is 2. The third kappa shape index (κ3) is 3.97. The van der Waals surface area contributed by atoms with Crippen LogP contribution in [-0.4, -0.2) is 29.3 Å². The lowest BCUT2D eigenvalue weighted by Gasteiger charge is -2.10. The highest BCUT2D eigenvalue weighted by Gasteiger charge is 2.18. The monoisotopic (exact) mass is 253 g/mol. The average Bonchev–Trinajstić information content (AvgIpc) is 2.34. The lowest BCUT2D eigenvalue weighted by atomic mass is 10.0. The first-order valence-corrected chi connectivity index (χ1v) is 5.26. The van der Waals surface area contributed by atoms with Crippen LogP contribution in [0.4, 0.5) is 4.39 Å². The topological polar surface area (TPSA) is 83.5 Å². The van der Waals surface area contributed by atoms with Gasteiger partial charge in [-0.25, -0.2) is 9.18 Å². The van der Waals surface area contributed by atoms with Gasteiger partial charge >= 0.3 is 5.97 Å². The second-order valence-electron chi connectivity index (χ2n) is 3.64. The Balaban J connectivity index is 2.57. The molecule has 0 aliphatic heterocycles. The zero-order chi connectivity index (χ0) is 13.5. The molecule has 0 saturated heterocycles. The SMILES string of the molecule is O=CNC(CCC(=O)c1ccc(F)cc1)C(=O)O. The van der Waals surface area contributed by atoms with Crippen molar-refractivity contribution in [1.29, 1.82) is 0 Å². The number of aliphatic carboxylic acids is 1. The zero-order valence-electron chi connectivity index (χ0n) is 9.43. The molecule has 1 unspecified atom stereocenters. The van der Waals surface area contributed by atoms with Gasteiger partial charge in [0.15, 0.2) is 5.78 Å². The van der Waals surface area contributed by atoms with Crippen LogP contribution in [0.15, 0.2) is 24.3 Å². The smallest absolute Gasteiger partial charge is 0.326 e. The largest absolute Gasteiger partial charge is 0.480 e. The molecule has 2 N–H and O–H groups in total. The average molecular weight is 253 g/mol. The van der Waals surface area contributed by atoms with Crippen molar-refractivity contribution in [2.75, 3.05) is 0 Å². The molecular weight excluding hydrogens is 241 g/mol. The number of rotatable bonds is 7. The van der Waals surface area contributed by atoms with Gasteiger partial charge < -0.3 is 10.4 Å². The van der Waals surface area contributed by atoms with E-state index in [0.717, 1.165) is 12.1 Å². The molecule has 6 heteroatoms. The Morgan fingerprint density at radius 2 is 1.94 bits per heavy atom. The Bertz CT molecular complexity index is 444. The van der Waals surface area contributed by atoms with Crippen molar-refractivity contribution >= 4 is 18.2 Å². The maximum Gasteiger partial charge on any atom is 0.326 e. The minimum absolute atomic E-state index is 0.00964. The lowest BCUT2D eigenvalue weighted by Crippen LogP contribution is -2.36. The summed E-state index contributed by atoms with van der Waals surface area (Å²) in [6.45, 7) is 0. The molecule has 0 radical (unpaired) electrons. The van der Waals surface area contributed by atoms with Crippen molar-refractivity contribution in [3.63, 3.8) is 0 Å². The standard InChI is InChI=1S/C12H12FNO4/c13-9-3-1-8(2-4-9)11(16)6-5-10(12(17)18)14-7-15/h1-4,7,10H,5-6H2,(H,14,15)(H,17,18). The Labute approximate surface area is 103 Å². The molecule has 0 fully saturated rings. The van der Waals surface area contributed by atoms with Gasteiger partial charge in [-0.15, -0.1) is 0 Å². The summed E-state index contributed by atoms with van der Waals surface area (Å²) in [4.78, 5) is 32.5. The zero-order valence-corrected chi connectivity index (χ0v) is 9.43. The van der Waals surface area contributed by atoms with Gasteiger partial charge in [-0.3, -0.25) is 9.59 Å². The first kappa shape index (κ1) is 13.8. The highest BCUT2D eigenvalue weighted by atomic mass is 19.1. The Morgan fingerprint density at radius 3 is 2.44 bits per heavy atom. The van der Waals surface area contributed by atoms with Gasteiger partial charge in [-0.05, 0) is 30.7 Å². The number of amides is 1. The van der Waals surface area contributed by atoms with Gasteiger partial charge in [0.2, 0.25) is 6.41 Å². The maximum atomic E-state index is 12.6. The van der Waals surface area contributed by atoms with Crippen LogP contribution in [0.1, 0.15) is 23.2 Å². The van der Waals surface area contributed by atoms with E-state index in [0.29, 0.717) is 5.56 Å². The maximum absolute atomic E-state index is 12.6. The van der Waals surface area contributed by atoms with Gasteiger partial charge in [0.05, 0.1) is 0 Å². The summed E-state index contributed by atoms with van der Waals surface area (Å²) < 4.78 is 12.6. The fourth-order valence-electron chi connectivity index (χ4n) is 1.42. The summed E-state index contributed by atoms with van der Waals surface area (Å²) in [5.74, 6) is -1.94. The third-order valence-corrected chi connectivity index (χ3v) is 2.39. The molecule has 5 nitrogen and oxygen atoms in total. The molecule has 0 heterocycles.